The summed E-state index contributed by atoms with van der Waals surface area (Å²) in [4.78, 5) is 22.7. The van der Waals surface area contributed by atoms with Crippen LogP contribution in [0.5, 0.6) is 0 Å². The van der Waals surface area contributed by atoms with Crippen molar-refractivity contribution in [2.24, 2.45) is 5.92 Å². The molecule has 0 radical (unpaired) electrons. The van der Waals surface area contributed by atoms with Gasteiger partial charge < -0.3 is 14.2 Å². The monoisotopic (exact) mass is 317 g/mol. The zero-order chi connectivity index (χ0) is 15.3. The molecule has 0 aromatic heterocycles. The van der Waals surface area contributed by atoms with E-state index in [1.54, 1.807) is 0 Å². The first kappa shape index (κ1) is 15.1. The second-order valence-electron chi connectivity index (χ2n) is 6.33. The van der Waals surface area contributed by atoms with Gasteiger partial charge >= 0.3 is 6.09 Å². The van der Waals surface area contributed by atoms with Crippen molar-refractivity contribution in [3.8, 4) is 0 Å². The van der Waals surface area contributed by atoms with Crippen LogP contribution in [0.3, 0.4) is 0 Å². The van der Waals surface area contributed by atoms with E-state index in [0.29, 0.717) is 6.42 Å². The third kappa shape index (κ3) is 2.76. The van der Waals surface area contributed by atoms with Gasteiger partial charge in [-0.15, -0.1) is 11.6 Å². The first-order chi connectivity index (χ1) is 9.89. The zero-order valence-corrected chi connectivity index (χ0v) is 12.9. The van der Waals surface area contributed by atoms with Crippen molar-refractivity contribution in [1.82, 2.24) is 5.32 Å². The summed E-state index contributed by atoms with van der Waals surface area (Å²) >= 11 is 5.34. The summed E-state index contributed by atoms with van der Waals surface area (Å²) in [5.74, 6) is -0.597. The molecule has 3 unspecified atom stereocenters. The van der Waals surface area contributed by atoms with E-state index in [-0.39, 0.29) is 35.2 Å². The predicted octanol–water partition coefficient (Wildman–Crippen LogP) is 1.59. The second kappa shape index (κ2) is 5.11. The smallest absolute Gasteiger partial charge is 0.414 e. The minimum atomic E-state index is -0.730. The Morgan fingerprint density at radius 3 is 2.67 bits per heavy atom. The molecule has 3 rings (SSSR count). The van der Waals surface area contributed by atoms with Crippen molar-refractivity contribution < 1.29 is 23.8 Å². The van der Waals surface area contributed by atoms with Crippen molar-refractivity contribution in [3.05, 3.63) is 0 Å². The first-order valence-corrected chi connectivity index (χ1v) is 7.81. The number of alkyl carbamates (subject to hydrolysis) is 1. The van der Waals surface area contributed by atoms with Crippen LogP contribution in [0, 0.1) is 5.92 Å². The van der Waals surface area contributed by atoms with Gasteiger partial charge in [-0.3, -0.25) is 10.1 Å². The number of amides is 2. The van der Waals surface area contributed by atoms with E-state index >= 15 is 0 Å². The van der Waals surface area contributed by atoms with Gasteiger partial charge in [0.05, 0.1) is 23.9 Å². The van der Waals surface area contributed by atoms with Gasteiger partial charge in [-0.25, -0.2) is 4.79 Å². The number of epoxide rings is 2. The molecular weight excluding hydrogens is 298 g/mol. The van der Waals surface area contributed by atoms with E-state index in [0.717, 1.165) is 19.4 Å². The highest BCUT2D eigenvalue weighted by atomic mass is 35.5. The van der Waals surface area contributed by atoms with Gasteiger partial charge in [0, 0.05) is 5.92 Å². The van der Waals surface area contributed by atoms with Crippen molar-refractivity contribution in [3.63, 3.8) is 0 Å². The minimum Gasteiger partial charge on any atom is -0.446 e. The summed E-state index contributed by atoms with van der Waals surface area (Å²) in [6, 6.07) is 0. The molecule has 1 aliphatic carbocycles. The predicted molar refractivity (Wildman–Crippen MR) is 74.1 cm³/mol. The molecule has 3 fully saturated rings. The number of ether oxygens (including phenoxy) is 3. The standard InChI is InChI=1S/C14H20ClNO5/c1-8-13(2,21-8)10-5-9(3-4-14(10)7-19-14)20-12(18)16-11(17)6-15/h8-10H,3-7H2,1-2H3,(H,16,17,18)/t8?,9-,10+,13?,14?/m0/s1. The molecule has 1 spiro atoms. The third-order valence-electron chi connectivity index (χ3n) is 5.05. The van der Waals surface area contributed by atoms with Crippen molar-refractivity contribution in [2.75, 3.05) is 12.5 Å². The van der Waals surface area contributed by atoms with E-state index in [1.807, 2.05) is 6.92 Å². The number of carbonyl (C=O) groups is 2. The number of imide groups is 1. The van der Waals surface area contributed by atoms with Crippen molar-refractivity contribution in [2.45, 2.75) is 56.5 Å². The quantitative estimate of drug-likeness (QED) is 0.631. The zero-order valence-electron chi connectivity index (χ0n) is 12.2. The Morgan fingerprint density at radius 2 is 2.14 bits per heavy atom. The molecule has 1 N–H and O–H groups in total. The van der Waals surface area contributed by atoms with E-state index in [9.17, 15) is 9.59 Å². The molecule has 0 aromatic carbocycles. The highest BCUT2D eigenvalue weighted by Gasteiger charge is 2.67. The largest absolute Gasteiger partial charge is 0.446 e. The molecular formula is C14H20ClNO5. The molecule has 6 nitrogen and oxygen atoms in total. The number of alkyl halides is 1. The molecule has 0 bridgehead atoms. The molecule has 2 saturated heterocycles. The van der Waals surface area contributed by atoms with Crippen LogP contribution in [-0.2, 0) is 19.0 Å². The number of hydrogen-bond donors (Lipinski definition) is 1. The molecule has 2 aliphatic heterocycles. The van der Waals surface area contributed by atoms with Gasteiger partial charge in [0.1, 0.15) is 12.0 Å². The average molecular weight is 318 g/mol. The van der Waals surface area contributed by atoms with E-state index in [1.165, 1.54) is 0 Å². The SMILES string of the molecule is CC1OC1(C)[C@H]1C[C@@H](OC(=O)NC(=O)CCl)CCC12CO2. The van der Waals surface area contributed by atoms with Crippen molar-refractivity contribution >= 4 is 23.6 Å². The first-order valence-electron chi connectivity index (χ1n) is 7.28. The summed E-state index contributed by atoms with van der Waals surface area (Å²) in [5.41, 5.74) is -0.289. The lowest BCUT2D eigenvalue weighted by atomic mass is 9.70. The molecule has 0 aromatic rings. The molecule has 7 heteroatoms. The number of rotatable bonds is 3. The molecule has 1 saturated carbocycles. The lowest BCUT2D eigenvalue weighted by molar-refractivity contribution is -0.118. The Labute approximate surface area is 128 Å². The fraction of sp³-hybridized carbons (Fsp3) is 0.857. The van der Waals surface area contributed by atoms with Crippen LogP contribution in [0.4, 0.5) is 4.79 Å². The van der Waals surface area contributed by atoms with Gasteiger partial charge in [-0.2, -0.15) is 0 Å². The Hall–Kier alpha value is -0.850. The number of halogens is 1. The molecule has 21 heavy (non-hydrogen) atoms. The Bertz CT molecular complexity index is 464. The lowest BCUT2D eigenvalue weighted by Gasteiger charge is -2.36. The average Bonchev–Trinajstić information content (AvgIpc) is 3.32. The minimum absolute atomic E-state index is 0.0954. The maximum Gasteiger partial charge on any atom is 0.414 e. The van der Waals surface area contributed by atoms with Gasteiger partial charge in [-0.1, -0.05) is 0 Å². The summed E-state index contributed by atoms with van der Waals surface area (Å²) in [7, 11) is 0. The maximum atomic E-state index is 11.6. The number of hydrogen-bond acceptors (Lipinski definition) is 5. The van der Waals surface area contributed by atoms with Crippen LogP contribution in [-0.4, -0.2) is 47.9 Å². The van der Waals surface area contributed by atoms with E-state index in [2.05, 4.69) is 12.2 Å². The lowest BCUT2D eigenvalue weighted by Crippen LogP contribution is -2.45. The fourth-order valence-electron chi connectivity index (χ4n) is 3.52. The molecule has 3 aliphatic rings. The van der Waals surface area contributed by atoms with Crippen LogP contribution < -0.4 is 5.32 Å². The Morgan fingerprint density at radius 1 is 1.48 bits per heavy atom. The van der Waals surface area contributed by atoms with Crippen LogP contribution in [0.25, 0.3) is 0 Å². The topological polar surface area (TPSA) is 80.5 Å². The Kier molecular flexibility index (Phi) is 3.66. The fourth-order valence-corrected chi connectivity index (χ4v) is 3.58. The van der Waals surface area contributed by atoms with Gasteiger partial charge in [0.15, 0.2) is 0 Å². The van der Waals surface area contributed by atoms with E-state index in [4.69, 9.17) is 25.8 Å². The third-order valence-corrected chi connectivity index (χ3v) is 5.29. The molecule has 2 amide bonds. The van der Waals surface area contributed by atoms with Crippen LogP contribution >= 0.6 is 11.6 Å². The van der Waals surface area contributed by atoms with E-state index < -0.39 is 12.0 Å². The van der Waals surface area contributed by atoms with Crippen LogP contribution in [0.2, 0.25) is 0 Å². The number of nitrogens with one attached hydrogen (secondary N) is 1. The molecule has 5 atom stereocenters. The van der Waals surface area contributed by atoms with Gasteiger partial charge in [-0.05, 0) is 33.1 Å². The molecule has 2 heterocycles. The summed E-state index contributed by atoms with van der Waals surface area (Å²) in [6.07, 6.45) is 1.54. The highest BCUT2D eigenvalue weighted by molar-refractivity contribution is 6.28. The molecule has 118 valence electrons. The van der Waals surface area contributed by atoms with Crippen molar-refractivity contribution in [1.29, 1.82) is 0 Å². The van der Waals surface area contributed by atoms with Crippen LogP contribution in [0.15, 0.2) is 0 Å². The summed E-state index contributed by atoms with van der Waals surface area (Å²) in [5, 5.41) is 2.10. The van der Waals surface area contributed by atoms with Gasteiger partial charge in [0.25, 0.3) is 0 Å². The maximum absolute atomic E-state index is 11.6. The number of carbonyl (C=O) groups excluding carboxylic acids is 2. The summed E-state index contributed by atoms with van der Waals surface area (Å²) < 4.78 is 16.8. The summed E-state index contributed by atoms with van der Waals surface area (Å²) in [6.45, 7) is 4.89. The highest BCUT2D eigenvalue weighted by Crippen LogP contribution is 2.58. The Balaban J connectivity index is 1.59. The normalized spacial score (nSPS) is 44.2. The second-order valence-corrected chi connectivity index (χ2v) is 6.60. The van der Waals surface area contributed by atoms with Gasteiger partial charge in [0.2, 0.25) is 5.91 Å². The van der Waals surface area contributed by atoms with Crippen LogP contribution in [0.1, 0.15) is 33.1 Å².